The molecule has 0 unspecified atom stereocenters. The quantitative estimate of drug-likeness (QED) is 0.433. The first kappa shape index (κ1) is 19.1. The minimum absolute atomic E-state index is 0.548. The molecule has 144 valence electrons. The van der Waals surface area contributed by atoms with Gasteiger partial charge in [-0.2, -0.15) is 9.78 Å². The third-order valence-electron chi connectivity index (χ3n) is 4.39. The van der Waals surface area contributed by atoms with Gasteiger partial charge in [-0.3, -0.25) is 9.88 Å². The molecule has 4 rings (SSSR count). The summed E-state index contributed by atoms with van der Waals surface area (Å²) in [6, 6.07) is 11.7. The van der Waals surface area contributed by atoms with E-state index in [1.54, 1.807) is 23.3 Å². The lowest BCUT2D eigenvalue weighted by atomic mass is 10.2. The third kappa shape index (κ3) is 4.44. The molecule has 2 aromatic heterocycles. The number of hydrogen-bond donors (Lipinski definition) is 0. The zero-order valence-corrected chi connectivity index (χ0v) is 17.5. The molecule has 1 aromatic carbocycles. The fraction of sp³-hybridized carbons (Fsp3) is 0.263. The molecule has 0 aliphatic carbocycles. The van der Waals surface area contributed by atoms with Crippen molar-refractivity contribution >= 4 is 34.4 Å². The number of morpholine rings is 1. The van der Waals surface area contributed by atoms with E-state index in [1.165, 1.54) is 0 Å². The number of nitrogens with zero attached hydrogens (tertiary/aromatic N) is 6. The van der Waals surface area contributed by atoms with Crippen LogP contribution in [-0.4, -0.2) is 56.9 Å². The monoisotopic (exact) mass is 458 g/mol. The Bertz CT molecular complexity index is 1010. The van der Waals surface area contributed by atoms with E-state index < -0.39 is 0 Å². The minimum Gasteiger partial charge on any atom is -0.379 e. The van der Waals surface area contributed by atoms with Gasteiger partial charge in [-0.1, -0.05) is 28.1 Å². The Morgan fingerprint density at radius 3 is 2.54 bits per heavy atom. The van der Waals surface area contributed by atoms with Crippen LogP contribution in [0, 0.1) is 4.77 Å². The Morgan fingerprint density at radius 1 is 1.11 bits per heavy atom. The van der Waals surface area contributed by atoms with Crippen LogP contribution in [0.1, 0.15) is 5.56 Å². The lowest BCUT2D eigenvalue weighted by Gasteiger charge is -2.25. The summed E-state index contributed by atoms with van der Waals surface area (Å²) in [6.45, 7) is 3.80. The standard InChI is InChI=1S/C19H19BrN6OS/c20-17-3-1-15(2-4-17)13-22-26-18(16-5-7-21-8-6-16)23-25(19(26)28)14-24-9-11-27-12-10-24/h1-8,13H,9-12,14H2. The number of halogens is 1. The van der Waals surface area contributed by atoms with Gasteiger partial charge in [-0.25, -0.2) is 4.68 Å². The second-order valence-electron chi connectivity index (χ2n) is 6.32. The smallest absolute Gasteiger partial charge is 0.220 e. The third-order valence-corrected chi connectivity index (χ3v) is 5.30. The van der Waals surface area contributed by atoms with Gasteiger partial charge in [0, 0.05) is 35.5 Å². The lowest BCUT2D eigenvalue weighted by Crippen LogP contribution is -2.37. The van der Waals surface area contributed by atoms with E-state index in [9.17, 15) is 0 Å². The topological polar surface area (TPSA) is 60.5 Å². The van der Waals surface area contributed by atoms with E-state index in [2.05, 4.69) is 30.9 Å². The predicted octanol–water partition coefficient (Wildman–Crippen LogP) is 3.41. The van der Waals surface area contributed by atoms with E-state index in [0.717, 1.165) is 41.9 Å². The average Bonchev–Trinajstić information content (AvgIpc) is 3.04. The van der Waals surface area contributed by atoms with Crippen molar-refractivity contribution in [1.29, 1.82) is 0 Å². The number of hydrogen-bond acceptors (Lipinski definition) is 6. The molecule has 0 atom stereocenters. The summed E-state index contributed by atoms with van der Waals surface area (Å²) in [6.07, 6.45) is 5.26. The maximum absolute atomic E-state index is 5.69. The van der Waals surface area contributed by atoms with E-state index in [-0.39, 0.29) is 0 Å². The first-order chi connectivity index (χ1) is 13.7. The van der Waals surface area contributed by atoms with Gasteiger partial charge in [0.1, 0.15) is 0 Å². The molecule has 0 radical (unpaired) electrons. The summed E-state index contributed by atoms with van der Waals surface area (Å²) >= 11 is 9.13. The molecule has 0 spiro atoms. The zero-order valence-electron chi connectivity index (χ0n) is 15.1. The molecule has 9 heteroatoms. The van der Waals surface area contributed by atoms with Gasteiger partial charge in [0.05, 0.1) is 26.1 Å². The second-order valence-corrected chi connectivity index (χ2v) is 7.60. The number of ether oxygens (including phenoxy) is 1. The summed E-state index contributed by atoms with van der Waals surface area (Å²) in [5.41, 5.74) is 1.89. The fourth-order valence-electron chi connectivity index (χ4n) is 2.88. The van der Waals surface area contributed by atoms with E-state index in [0.29, 0.717) is 17.3 Å². The molecule has 1 fully saturated rings. The maximum atomic E-state index is 5.69. The van der Waals surface area contributed by atoms with Crippen LogP contribution in [0.3, 0.4) is 0 Å². The van der Waals surface area contributed by atoms with Crippen molar-refractivity contribution in [2.45, 2.75) is 6.67 Å². The molecule has 3 aromatic rings. The van der Waals surface area contributed by atoms with Gasteiger partial charge in [-0.05, 0) is 42.0 Å². The van der Waals surface area contributed by atoms with E-state index >= 15 is 0 Å². The van der Waals surface area contributed by atoms with Crippen molar-refractivity contribution in [2.75, 3.05) is 26.3 Å². The molecule has 1 saturated heterocycles. The van der Waals surface area contributed by atoms with Gasteiger partial charge < -0.3 is 4.74 Å². The Hall–Kier alpha value is -2.20. The normalized spacial score (nSPS) is 15.3. The van der Waals surface area contributed by atoms with Crippen molar-refractivity contribution in [3.8, 4) is 11.4 Å². The van der Waals surface area contributed by atoms with Gasteiger partial charge in [0.15, 0.2) is 5.82 Å². The maximum Gasteiger partial charge on any atom is 0.220 e. The molecule has 28 heavy (non-hydrogen) atoms. The highest BCUT2D eigenvalue weighted by Crippen LogP contribution is 2.18. The van der Waals surface area contributed by atoms with Crippen LogP contribution in [0.5, 0.6) is 0 Å². The SMILES string of the molecule is S=c1n(CN2CCOCC2)nc(-c2ccncc2)n1N=Cc1ccc(Br)cc1. The average molecular weight is 459 g/mol. The first-order valence-corrected chi connectivity index (χ1v) is 10.1. The van der Waals surface area contributed by atoms with Crippen LogP contribution in [0.2, 0.25) is 0 Å². The van der Waals surface area contributed by atoms with Crippen LogP contribution in [0.4, 0.5) is 0 Å². The van der Waals surface area contributed by atoms with Crippen LogP contribution in [0.25, 0.3) is 11.4 Å². The molecule has 0 bridgehead atoms. The molecular weight excluding hydrogens is 440 g/mol. The summed E-state index contributed by atoms with van der Waals surface area (Å²) in [4.78, 5) is 6.36. The van der Waals surface area contributed by atoms with Gasteiger partial charge in [0.25, 0.3) is 0 Å². The Labute approximate surface area is 176 Å². The Morgan fingerprint density at radius 2 is 1.82 bits per heavy atom. The molecule has 1 aliphatic heterocycles. The zero-order chi connectivity index (χ0) is 19.3. The molecular formula is C19H19BrN6OS. The summed E-state index contributed by atoms with van der Waals surface area (Å²) in [5.74, 6) is 0.689. The number of benzene rings is 1. The predicted molar refractivity (Wildman–Crippen MR) is 114 cm³/mol. The molecule has 0 saturated carbocycles. The van der Waals surface area contributed by atoms with Crippen LogP contribution >= 0.6 is 28.1 Å². The highest BCUT2D eigenvalue weighted by atomic mass is 79.9. The van der Waals surface area contributed by atoms with Crippen molar-refractivity contribution in [3.05, 3.63) is 63.6 Å². The number of rotatable bonds is 5. The van der Waals surface area contributed by atoms with E-state index in [1.807, 2.05) is 41.1 Å². The number of aromatic nitrogens is 4. The molecule has 3 heterocycles. The van der Waals surface area contributed by atoms with Crippen LogP contribution in [0.15, 0.2) is 58.4 Å². The highest BCUT2D eigenvalue weighted by Gasteiger charge is 2.16. The van der Waals surface area contributed by atoms with Crippen molar-refractivity contribution in [2.24, 2.45) is 5.10 Å². The summed E-state index contributed by atoms with van der Waals surface area (Å²) < 4.78 is 10.5. The summed E-state index contributed by atoms with van der Waals surface area (Å²) in [7, 11) is 0. The lowest BCUT2D eigenvalue weighted by molar-refractivity contribution is 0.0210. The molecule has 0 amide bonds. The van der Waals surface area contributed by atoms with Gasteiger partial charge in [0.2, 0.25) is 4.77 Å². The Kier molecular flexibility index (Phi) is 6.06. The highest BCUT2D eigenvalue weighted by molar-refractivity contribution is 9.10. The van der Waals surface area contributed by atoms with Gasteiger partial charge >= 0.3 is 0 Å². The largest absolute Gasteiger partial charge is 0.379 e. The van der Waals surface area contributed by atoms with Crippen LogP contribution < -0.4 is 0 Å². The van der Waals surface area contributed by atoms with Crippen molar-refractivity contribution < 1.29 is 4.74 Å². The van der Waals surface area contributed by atoms with Crippen molar-refractivity contribution in [1.82, 2.24) is 24.3 Å². The van der Waals surface area contributed by atoms with Crippen LogP contribution in [-0.2, 0) is 11.4 Å². The number of pyridine rings is 1. The minimum atomic E-state index is 0.548. The molecule has 1 aliphatic rings. The summed E-state index contributed by atoms with van der Waals surface area (Å²) in [5, 5.41) is 9.37. The molecule has 7 nitrogen and oxygen atoms in total. The molecule has 0 N–H and O–H groups in total. The van der Waals surface area contributed by atoms with E-state index in [4.69, 9.17) is 22.1 Å². The fourth-order valence-corrected chi connectivity index (χ4v) is 3.38. The second kappa shape index (κ2) is 8.87. The first-order valence-electron chi connectivity index (χ1n) is 8.91. The van der Waals surface area contributed by atoms with Crippen molar-refractivity contribution in [3.63, 3.8) is 0 Å². The van der Waals surface area contributed by atoms with Gasteiger partial charge in [-0.15, -0.1) is 5.10 Å². The Balaban J connectivity index is 1.70.